The summed E-state index contributed by atoms with van der Waals surface area (Å²) < 4.78 is 3.38. The van der Waals surface area contributed by atoms with Crippen LogP contribution in [0.15, 0.2) is 12.4 Å². The molecule has 0 bridgehead atoms. The van der Waals surface area contributed by atoms with Gasteiger partial charge in [0.15, 0.2) is 0 Å². The van der Waals surface area contributed by atoms with Gasteiger partial charge in [-0.2, -0.15) is 10.2 Å². The Bertz CT molecular complexity index is 865. The van der Waals surface area contributed by atoms with Gasteiger partial charge in [-0.3, -0.25) is 29.2 Å². The van der Waals surface area contributed by atoms with Crippen LogP contribution in [0.4, 0.5) is 5.69 Å². The monoisotopic (exact) mass is 389 g/mol. The first-order valence-electron chi connectivity index (χ1n) is 9.54. The summed E-state index contributed by atoms with van der Waals surface area (Å²) in [5, 5.41) is 19.5. The van der Waals surface area contributed by atoms with Crippen LogP contribution in [0.5, 0.6) is 0 Å². The molecule has 0 aliphatic carbocycles. The van der Waals surface area contributed by atoms with Crippen molar-refractivity contribution in [3.8, 4) is 0 Å². The lowest BCUT2D eigenvalue weighted by Gasteiger charge is -2.36. The molecule has 1 aliphatic heterocycles. The van der Waals surface area contributed by atoms with E-state index in [1.54, 1.807) is 13.8 Å². The van der Waals surface area contributed by atoms with Crippen LogP contribution >= 0.6 is 0 Å². The second kappa shape index (κ2) is 8.09. The quantitative estimate of drug-likeness (QED) is 0.548. The summed E-state index contributed by atoms with van der Waals surface area (Å²) in [7, 11) is 0. The maximum atomic E-state index is 12.9. The number of amides is 1. The fourth-order valence-corrected chi connectivity index (χ4v) is 3.60. The number of carbonyl (C=O) groups is 1. The maximum absolute atomic E-state index is 12.9. The number of piperazine rings is 1. The van der Waals surface area contributed by atoms with Crippen LogP contribution in [-0.2, 0) is 17.9 Å². The summed E-state index contributed by atoms with van der Waals surface area (Å²) in [5.41, 5.74) is 2.60. The molecule has 10 heteroatoms. The molecule has 0 saturated carbocycles. The minimum absolute atomic E-state index is 0.0595. The molecule has 1 unspecified atom stereocenters. The van der Waals surface area contributed by atoms with Crippen LogP contribution in [0.3, 0.4) is 0 Å². The molecule has 28 heavy (non-hydrogen) atoms. The highest BCUT2D eigenvalue weighted by molar-refractivity contribution is 5.80. The fraction of sp³-hybridized carbons (Fsp3) is 0.611. The van der Waals surface area contributed by atoms with Gasteiger partial charge in [-0.25, -0.2) is 0 Å². The molecule has 0 radical (unpaired) electrons. The van der Waals surface area contributed by atoms with Gasteiger partial charge < -0.3 is 4.90 Å². The van der Waals surface area contributed by atoms with Gasteiger partial charge in [0, 0.05) is 51.0 Å². The van der Waals surface area contributed by atoms with Crippen LogP contribution in [0.2, 0.25) is 0 Å². The van der Waals surface area contributed by atoms with Crippen molar-refractivity contribution in [2.75, 3.05) is 26.2 Å². The van der Waals surface area contributed by atoms with Crippen LogP contribution in [0.1, 0.15) is 36.8 Å². The second-order valence-electron chi connectivity index (χ2n) is 7.19. The molecule has 2 aromatic heterocycles. The van der Waals surface area contributed by atoms with E-state index in [-0.39, 0.29) is 11.6 Å². The Kier molecular flexibility index (Phi) is 5.78. The van der Waals surface area contributed by atoms with Gasteiger partial charge in [0.25, 0.3) is 0 Å². The smallest absolute Gasteiger partial charge is 0.309 e. The number of aryl methyl sites for hydroxylation is 2. The van der Waals surface area contributed by atoms with E-state index in [4.69, 9.17) is 0 Å². The lowest BCUT2D eigenvalue weighted by atomic mass is 10.2. The fourth-order valence-electron chi connectivity index (χ4n) is 3.60. The second-order valence-corrected chi connectivity index (χ2v) is 7.19. The maximum Gasteiger partial charge on any atom is 0.309 e. The normalized spacial score (nSPS) is 16.4. The van der Waals surface area contributed by atoms with Crippen molar-refractivity contribution in [1.29, 1.82) is 0 Å². The molecule has 0 spiro atoms. The number of carbonyl (C=O) groups excluding carboxylic acids is 1. The summed E-state index contributed by atoms with van der Waals surface area (Å²) >= 11 is 0. The number of nitrogens with zero attached hydrogens (tertiary/aromatic N) is 7. The van der Waals surface area contributed by atoms with E-state index in [2.05, 4.69) is 28.2 Å². The molecule has 3 rings (SSSR count). The van der Waals surface area contributed by atoms with Crippen LogP contribution < -0.4 is 0 Å². The van der Waals surface area contributed by atoms with Crippen molar-refractivity contribution in [3.63, 3.8) is 0 Å². The van der Waals surface area contributed by atoms with Crippen molar-refractivity contribution >= 4 is 11.6 Å². The summed E-state index contributed by atoms with van der Waals surface area (Å²) in [6, 6.07) is -0.565. The van der Waals surface area contributed by atoms with Gasteiger partial charge in [-0.05, 0) is 27.7 Å². The Morgan fingerprint density at radius 1 is 1.29 bits per heavy atom. The van der Waals surface area contributed by atoms with E-state index in [1.165, 1.54) is 16.4 Å². The van der Waals surface area contributed by atoms with Gasteiger partial charge in [-0.1, -0.05) is 0 Å². The molecule has 3 heterocycles. The van der Waals surface area contributed by atoms with E-state index in [9.17, 15) is 14.9 Å². The van der Waals surface area contributed by atoms with Crippen molar-refractivity contribution in [3.05, 3.63) is 39.5 Å². The summed E-state index contributed by atoms with van der Waals surface area (Å²) in [5.74, 6) is -0.0595. The molecule has 0 aromatic carbocycles. The molecular weight excluding hydrogens is 362 g/mol. The van der Waals surface area contributed by atoms with E-state index >= 15 is 0 Å². The molecule has 1 saturated heterocycles. The molecule has 1 amide bonds. The largest absolute Gasteiger partial charge is 0.338 e. The average molecular weight is 389 g/mol. The Labute approximate surface area is 163 Å². The summed E-state index contributed by atoms with van der Waals surface area (Å²) in [4.78, 5) is 27.5. The standard InChI is InChI=1S/C18H27N7O3/c1-5-23-12-16(13(2)20-23)11-21-6-8-22(9-7-21)18(26)15(4)24-14(3)17(10-19-24)25(27)28/h10,12,15H,5-9,11H2,1-4H3. The third-order valence-corrected chi connectivity index (χ3v) is 5.39. The van der Waals surface area contributed by atoms with Crippen molar-refractivity contribution in [2.24, 2.45) is 0 Å². The number of aromatic nitrogens is 4. The van der Waals surface area contributed by atoms with Crippen molar-refractivity contribution < 1.29 is 9.72 Å². The number of nitro groups is 1. The van der Waals surface area contributed by atoms with Gasteiger partial charge in [0.2, 0.25) is 5.91 Å². The summed E-state index contributed by atoms with van der Waals surface area (Å²) in [6.45, 7) is 12.0. The highest BCUT2D eigenvalue weighted by Gasteiger charge is 2.29. The number of rotatable bonds is 6. The first kappa shape index (κ1) is 20.0. The first-order valence-corrected chi connectivity index (χ1v) is 9.54. The topological polar surface area (TPSA) is 102 Å². The highest BCUT2D eigenvalue weighted by Crippen LogP contribution is 2.22. The molecule has 152 valence electrons. The van der Waals surface area contributed by atoms with Crippen molar-refractivity contribution in [2.45, 2.75) is 46.8 Å². The van der Waals surface area contributed by atoms with Crippen LogP contribution in [0, 0.1) is 24.0 Å². The predicted octanol–water partition coefficient (Wildman–Crippen LogP) is 1.53. The van der Waals surface area contributed by atoms with Crippen LogP contribution in [0.25, 0.3) is 0 Å². The van der Waals surface area contributed by atoms with Gasteiger partial charge in [0.05, 0.1) is 10.6 Å². The van der Waals surface area contributed by atoms with Gasteiger partial charge >= 0.3 is 5.69 Å². The lowest BCUT2D eigenvalue weighted by molar-refractivity contribution is -0.385. The minimum Gasteiger partial charge on any atom is -0.338 e. The zero-order chi connectivity index (χ0) is 20.4. The zero-order valence-electron chi connectivity index (χ0n) is 16.8. The first-order chi connectivity index (χ1) is 13.3. The van der Waals surface area contributed by atoms with E-state index < -0.39 is 11.0 Å². The third-order valence-electron chi connectivity index (χ3n) is 5.39. The van der Waals surface area contributed by atoms with Crippen molar-refractivity contribution in [1.82, 2.24) is 29.4 Å². The number of hydrogen-bond donors (Lipinski definition) is 0. The molecule has 0 N–H and O–H groups in total. The molecule has 2 aromatic rings. The Hall–Kier alpha value is -2.75. The molecular formula is C18H27N7O3. The lowest BCUT2D eigenvalue weighted by Crippen LogP contribution is -2.50. The Morgan fingerprint density at radius 3 is 2.50 bits per heavy atom. The molecule has 1 fully saturated rings. The molecule has 1 aliphatic rings. The third kappa shape index (κ3) is 3.91. The van der Waals surface area contributed by atoms with Crippen LogP contribution in [-0.4, -0.2) is 66.4 Å². The zero-order valence-corrected chi connectivity index (χ0v) is 16.8. The van der Waals surface area contributed by atoms with Gasteiger partial charge in [0.1, 0.15) is 17.9 Å². The molecule has 10 nitrogen and oxygen atoms in total. The average Bonchev–Trinajstić information content (AvgIpc) is 3.23. The Balaban J connectivity index is 1.59. The molecule has 1 atom stereocenters. The van der Waals surface area contributed by atoms with E-state index in [1.807, 2.05) is 16.5 Å². The highest BCUT2D eigenvalue weighted by atomic mass is 16.6. The SMILES string of the molecule is CCn1cc(CN2CCN(C(=O)C(C)n3ncc([N+](=O)[O-])c3C)CC2)c(C)n1. The number of hydrogen-bond acceptors (Lipinski definition) is 6. The van der Waals surface area contributed by atoms with E-state index in [0.29, 0.717) is 18.8 Å². The summed E-state index contributed by atoms with van der Waals surface area (Å²) in [6.07, 6.45) is 3.29. The minimum atomic E-state index is -0.565. The predicted molar refractivity (Wildman–Crippen MR) is 103 cm³/mol. The Morgan fingerprint density at radius 2 is 1.96 bits per heavy atom. The van der Waals surface area contributed by atoms with E-state index in [0.717, 1.165) is 31.9 Å². The van der Waals surface area contributed by atoms with Gasteiger partial charge in [-0.15, -0.1) is 0 Å².